The predicted octanol–water partition coefficient (Wildman–Crippen LogP) is 7.30. The van der Waals surface area contributed by atoms with Gasteiger partial charge >= 0.3 is 5.97 Å². The molecule has 0 aliphatic heterocycles. The van der Waals surface area contributed by atoms with Crippen molar-refractivity contribution in [3.05, 3.63) is 112 Å². The van der Waals surface area contributed by atoms with Gasteiger partial charge in [0.15, 0.2) is 16.4 Å². The van der Waals surface area contributed by atoms with E-state index in [1.54, 1.807) is 48.5 Å². The number of aryl methyl sites for hydroxylation is 1. The highest BCUT2D eigenvalue weighted by Gasteiger charge is 2.16. The number of carboxylic acid groups (broad SMARTS) is 1. The molecule has 0 saturated carbocycles. The van der Waals surface area contributed by atoms with Crippen molar-refractivity contribution in [2.45, 2.75) is 24.3 Å². The minimum atomic E-state index is -3.51. The molecule has 0 radical (unpaired) electrons. The third kappa shape index (κ3) is 8.73. The molecule has 0 unspecified atom stereocenters. The number of hydrogen-bond donors (Lipinski definition) is 2. The number of amides is 1. The van der Waals surface area contributed by atoms with Gasteiger partial charge in [-0.15, -0.1) is 0 Å². The number of carbonyl (C=O) groups is 2. The van der Waals surface area contributed by atoms with Crippen LogP contribution in [-0.2, 0) is 27.7 Å². The number of carbonyl (C=O) groups excluding carboxylic acids is 1. The maximum absolute atomic E-state index is 13.1. The van der Waals surface area contributed by atoms with Gasteiger partial charge in [-0.2, -0.15) is 0 Å². The smallest absolute Gasteiger partial charge is 0.341 e. The molecule has 9 nitrogen and oxygen atoms in total. The molecule has 13 heteroatoms. The van der Waals surface area contributed by atoms with Crippen LogP contribution in [0.4, 0.5) is 5.69 Å². The summed E-state index contributed by atoms with van der Waals surface area (Å²) in [5, 5.41) is 13.4. The van der Waals surface area contributed by atoms with Gasteiger partial charge in [-0.05, 0) is 90.7 Å². The minimum absolute atomic E-state index is 0.0863. The Balaban J connectivity index is 1.22. The van der Waals surface area contributed by atoms with E-state index < -0.39 is 28.3 Å². The van der Waals surface area contributed by atoms with Gasteiger partial charge in [0.1, 0.15) is 12.4 Å². The number of halogens is 2. The van der Waals surface area contributed by atoms with Crippen molar-refractivity contribution in [2.75, 3.05) is 17.7 Å². The summed E-state index contributed by atoms with van der Waals surface area (Å²) in [4.78, 5) is 28.9. The summed E-state index contributed by atoms with van der Waals surface area (Å²) >= 11 is 13.3. The largest absolute Gasteiger partial charge is 0.480 e. The third-order valence-corrected chi connectivity index (χ3v) is 9.84. The van der Waals surface area contributed by atoms with Crippen LogP contribution in [0.15, 0.2) is 89.8 Å². The van der Waals surface area contributed by atoms with Crippen molar-refractivity contribution >= 4 is 72.2 Å². The van der Waals surface area contributed by atoms with E-state index in [4.69, 9.17) is 37.8 Å². The van der Waals surface area contributed by atoms with Crippen LogP contribution in [0.5, 0.6) is 10.9 Å². The summed E-state index contributed by atoms with van der Waals surface area (Å²) in [7, 11) is -3.51. The summed E-state index contributed by atoms with van der Waals surface area (Å²) in [5.41, 5.74) is 2.98. The van der Waals surface area contributed by atoms with E-state index in [1.165, 1.54) is 35.6 Å². The zero-order valence-corrected chi connectivity index (χ0v) is 26.7. The van der Waals surface area contributed by atoms with Gasteiger partial charge in [-0.1, -0.05) is 52.7 Å². The number of anilines is 1. The lowest BCUT2D eigenvalue weighted by Crippen LogP contribution is -2.15. The minimum Gasteiger partial charge on any atom is -0.480 e. The monoisotopic (exact) mass is 684 g/mol. The van der Waals surface area contributed by atoms with Gasteiger partial charge in [0.05, 0.1) is 26.6 Å². The van der Waals surface area contributed by atoms with Crippen LogP contribution in [0, 0.1) is 0 Å². The molecule has 232 valence electrons. The van der Waals surface area contributed by atoms with E-state index in [0.717, 1.165) is 21.3 Å². The predicted molar refractivity (Wildman–Crippen MR) is 175 cm³/mol. The Morgan fingerprint density at radius 3 is 2.31 bits per heavy atom. The zero-order chi connectivity index (χ0) is 32.0. The van der Waals surface area contributed by atoms with Gasteiger partial charge in [-0.25, -0.2) is 18.2 Å². The Bertz CT molecular complexity index is 1950. The summed E-state index contributed by atoms with van der Waals surface area (Å²) in [6, 6.07) is 23.2. The molecule has 1 heterocycles. The normalized spacial score (nSPS) is 11.3. The van der Waals surface area contributed by atoms with Crippen molar-refractivity contribution in [3.8, 4) is 10.9 Å². The first-order valence-corrected chi connectivity index (χ1v) is 16.8. The summed E-state index contributed by atoms with van der Waals surface area (Å²) in [6.07, 6.45) is 0.716. The fourth-order valence-electron chi connectivity index (χ4n) is 4.35. The van der Waals surface area contributed by atoms with Crippen molar-refractivity contribution in [1.29, 1.82) is 0 Å². The van der Waals surface area contributed by atoms with Crippen LogP contribution in [0.3, 0.4) is 0 Å². The average Bonchev–Trinajstić information content (AvgIpc) is 3.42. The second kappa shape index (κ2) is 14.3. The molecule has 1 amide bonds. The fraction of sp³-hybridized carbons (Fsp3) is 0.156. The second-order valence-electron chi connectivity index (χ2n) is 9.92. The average molecular weight is 686 g/mol. The molecule has 0 fully saturated rings. The van der Waals surface area contributed by atoms with Crippen molar-refractivity contribution in [2.24, 2.45) is 0 Å². The quantitative estimate of drug-likeness (QED) is 0.132. The van der Waals surface area contributed by atoms with E-state index in [1.807, 2.05) is 12.1 Å². The van der Waals surface area contributed by atoms with Gasteiger partial charge in [0.25, 0.3) is 11.1 Å². The van der Waals surface area contributed by atoms with Crippen LogP contribution in [-0.4, -0.2) is 42.7 Å². The first-order chi connectivity index (χ1) is 21.6. The van der Waals surface area contributed by atoms with E-state index in [2.05, 4.69) is 10.3 Å². The molecule has 5 rings (SSSR count). The molecular weight excluding hydrogens is 659 g/mol. The number of thiazole rings is 1. The molecule has 0 atom stereocenters. The van der Waals surface area contributed by atoms with Crippen LogP contribution >= 0.6 is 34.5 Å². The molecule has 5 aromatic rings. The Morgan fingerprint density at radius 1 is 0.867 bits per heavy atom. The number of aliphatic carboxylic acids is 1. The molecule has 0 aliphatic rings. The summed E-state index contributed by atoms with van der Waals surface area (Å²) in [5.74, 6) is -1.52. The SMILES string of the molecule is O=C(O)COc1ccc(CCCS(=O)(=O)c2ccc(Cl)cc2)cc1NC(=O)c1ccc(COc2nc3ccc(Cl)cc3s2)cc1. The number of carboxylic acids is 1. The first kappa shape index (κ1) is 32.2. The highest BCUT2D eigenvalue weighted by atomic mass is 35.5. The van der Waals surface area contributed by atoms with Crippen LogP contribution in [0.2, 0.25) is 10.0 Å². The number of sulfone groups is 1. The molecule has 4 aromatic carbocycles. The Labute approximate surface area is 273 Å². The Morgan fingerprint density at radius 2 is 1.58 bits per heavy atom. The summed E-state index contributed by atoms with van der Waals surface area (Å²) < 4.78 is 37.5. The van der Waals surface area contributed by atoms with Gasteiger partial charge in [0, 0.05) is 15.6 Å². The molecule has 45 heavy (non-hydrogen) atoms. The maximum Gasteiger partial charge on any atom is 0.341 e. The number of aromatic nitrogens is 1. The van der Waals surface area contributed by atoms with E-state index in [9.17, 15) is 18.0 Å². The number of ether oxygens (including phenoxy) is 2. The highest BCUT2D eigenvalue weighted by molar-refractivity contribution is 7.91. The number of nitrogens with zero attached hydrogens (tertiary/aromatic N) is 1. The lowest BCUT2D eigenvalue weighted by Gasteiger charge is -2.14. The van der Waals surface area contributed by atoms with Crippen LogP contribution in [0.1, 0.15) is 27.9 Å². The molecule has 0 saturated heterocycles. The Kier molecular flexibility index (Phi) is 10.2. The first-order valence-electron chi connectivity index (χ1n) is 13.6. The van der Waals surface area contributed by atoms with Gasteiger partial charge in [0.2, 0.25) is 0 Å². The topological polar surface area (TPSA) is 132 Å². The van der Waals surface area contributed by atoms with E-state index in [-0.39, 0.29) is 28.7 Å². The molecule has 0 aliphatic carbocycles. The second-order valence-corrected chi connectivity index (χ2v) is 13.9. The fourth-order valence-corrected chi connectivity index (χ4v) is 6.88. The van der Waals surface area contributed by atoms with Crippen molar-refractivity contribution in [1.82, 2.24) is 4.98 Å². The maximum atomic E-state index is 13.1. The van der Waals surface area contributed by atoms with Crippen molar-refractivity contribution in [3.63, 3.8) is 0 Å². The number of fused-ring (bicyclic) bond motifs is 1. The third-order valence-electron chi connectivity index (χ3n) is 6.60. The van der Waals surface area contributed by atoms with Crippen molar-refractivity contribution < 1.29 is 32.6 Å². The molecule has 0 spiro atoms. The van der Waals surface area contributed by atoms with Gasteiger partial charge in [-0.3, -0.25) is 4.79 Å². The highest BCUT2D eigenvalue weighted by Crippen LogP contribution is 2.31. The Hall–Kier alpha value is -4.16. The molecule has 0 bridgehead atoms. The number of benzene rings is 4. The zero-order valence-electron chi connectivity index (χ0n) is 23.5. The van der Waals surface area contributed by atoms with Crippen LogP contribution < -0.4 is 14.8 Å². The molecular formula is C32H26Cl2N2O7S2. The van der Waals surface area contributed by atoms with Gasteiger partial charge < -0.3 is 19.9 Å². The van der Waals surface area contributed by atoms with Crippen LogP contribution in [0.25, 0.3) is 10.2 Å². The lowest BCUT2D eigenvalue weighted by molar-refractivity contribution is -0.139. The number of rotatable bonds is 13. The lowest BCUT2D eigenvalue weighted by atomic mass is 10.1. The standard InChI is InChI=1S/C32H26Cl2N2O7S2/c33-23-8-11-25(12-9-23)45(40,41)15-1-2-20-5-14-28(42-19-30(37)38)27(16-20)35-31(39)22-6-3-21(4-7-22)18-43-32-36-26-13-10-24(34)17-29(26)44-32/h3-14,16-17H,1-2,15,18-19H2,(H,35,39)(H,37,38). The molecule has 1 aromatic heterocycles. The van der Waals surface area contributed by atoms with E-state index >= 15 is 0 Å². The number of hydrogen-bond acceptors (Lipinski definition) is 8. The number of nitrogens with one attached hydrogen (secondary N) is 1. The van der Waals surface area contributed by atoms with E-state index in [0.29, 0.717) is 33.6 Å². The summed E-state index contributed by atoms with van der Waals surface area (Å²) in [6.45, 7) is -0.351. The molecule has 2 N–H and O–H groups in total.